The Labute approximate surface area is 171 Å². The fourth-order valence-corrected chi connectivity index (χ4v) is 3.36. The monoisotopic (exact) mass is 399 g/mol. The van der Waals surface area contributed by atoms with Gasteiger partial charge in [0.05, 0.1) is 25.2 Å². The number of hydrogen-bond acceptors (Lipinski definition) is 5. The smallest absolute Gasteiger partial charge is 0.225 e. The van der Waals surface area contributed by atoms with Gasteiger partial charge >= 0.3 is 0 Å². The summed E-state index contributed by atoms with van der Waals surface area (Å²) in [6.07, 6.45) is 3.79. The summed E-state index contributed by atoms with van der Waals surface area (Å²) in [7, 11) is 1.59. The summed E-state index contributed by atoms with van der Waals surface area (Å²) in [6.45, 7) is 16.2. The Kier molecular flexibility index (Phi) is 10.1. The first-order valence-electron chi connectivity index (χ1n) is 10.5. The highest BCUT2D eigenvalue weighted by molar-refractivity contribution is 5.77. The molecule has 0 aromatic heterocycles. The van der Waals surface area contributed by atoms with Crippen molar-refractivity contribution in [2.45, 2.75) is 84.7 Å². The van der Waals surface area contributed by atoms with Gasteiger partial charge in [-0.1, -0.05) is 39.8 Å². The zero-order valence-corrected chi connectivity index (χ0v) is 18.7. The van der Waals surface area contributed by atoms with Crippen LogP contribution in [0.2, 0.25) is 0 Å². The van der Waals surface area contributed by atoms with Gasteiger partial charge in [0, 0.05) is 32.6 Å². The number of hydrogen-bond donors (Lipinski definition) is 2. The maximum atomic E-state index is 12.4. The third-order valence-corrected chi connectivity index (χ3v) is 5.65. The maximum absolute atomic E-state index is 12.4. The van der Waals surface area contributed by atoms with E-state index in [0.717, 1.165) is 31.4 Å². The maximum Gasteiger partial charge on any atom is 0.225 e. The summed E-state index contributed by atoms with van der Waals surface area (Å²) in [5.74, 6) is -0.696. The number of aliphatic hydroxyl groups excluding tert-OH is 1. The molecule has 2 aliphatic heterocycles. The van der Waals surface area contributed by atoms with Gasteiger partial charge in [0.2, 0.25) is 5.91 Å². The summed E-state index contributed by atoms with van der Waals surface area (Å²) in [5.41, 5.74) is 1.31. The molecule has 2 aliphatic rings. The van der Waals surface area contributed by atoms with Gasteiger partial charge < -0.3 is 24.6 Å². The van der Waals surface area contributed by atoms with E-state index >= 15 is 0 Å². The van der Waals surface area contributed by atoms with Crippen molar-refractivity contribution in [1.82, 2.24) is 5.32 Å². The van der Waals surface area contributed by atoms with E-state index in [2.05, 4.69) is 32.7 Å². The van der Waals surface area contributed by atoms with Crippen molar-refractivity contribution >= 4 is 5.91 Å². The number of nitrogens with one attached hydrogen (secondary N) is 1. The molecule has 164 valence electrons. The minimum Gasteiger partial charge on any atom is -0.396 e. The largest absolute Gasteiger partial charge is 0.396 e. The average Bonchev–Trinajstić information content (AvgIpc) is 2.65. The van der Waals surface area contributed by atoms with E-state index in [9.17, 15) is 4.79 Å². The number of ether oxygens (including phenoxy) is 3. The lowest BCUT2D eigenvalue weighted by atomic mass is 9.85. The molecule has 28 heavy (non-hydrogen) atoms. The second-order valence-electron chi connectivity index (χ2n) is 8.90. The van der Waals surface area contributed by atoms with Crippen LogP contribution in [0.4, 0.5) is 0 Å². The van der Waals surface area contributed by atoms with Crippen LogP contribution >= 0.6 is 0 Å². The van der Waals surface area contributed by atoms with Crippen molar-refractivity contribution in [1.29, 1.82) is 0 Å². The molecule has 6 nitrogen and oxygen atoms in total. The topological polar surface area (TPSA) is 77.0 Å². The summed E-state index contributed by atoms with van der Waals surface area (Å²) in [4.78, 5) is 12.4. The molecule has 4 atom stereocenters. The molecule has 6 heteroatoms. The Morgan fingerprint density at radius 3 is 2.50 bits per heavy atom. The van der Waals surface area contributed by atoms with Crippen molar-refractivity contribution < 1.29 is 24.1 Å². The SMILES string of the molecule is C=C1C[C@@](CC(=O)NCC2CCC(C)(C)CO2)(OC)OC(C)C1C.CCCO. The molecular weight excluding hydrogens is 358 g/mol. The molecule has 1 amide bonds. The molecular formula is C22H41NO5. The number of aliphatic hydroxyl groups is 1. The highest BCUT2D eigenvalue weighted by Crippen LogP contribution is 2.38. The Morgan fingerprint density at radius 2 is 2.04 bits per heavy atom. The van der Waals surface area contributed by atoms with Gasteiger partial charge in [-0.2, -0.15) is 0 Å². The van der Waals surface area contributed by atoms with Crippen LogP contribution in [-0.4, -0.2) is 55.9 Å². The van der Waals surface area contributed by atoms with Gasteiger partial charge in [0.1, 0.15) is 0 Å². The van der Waals surface area contributed by atoms with Crippen molar-refractivity contribution in [3.05, 3.63) is 12.2 Å². The van der Waals surface area contributed by atoms with E-state index in [0.29, 0.717) is 19.6 Å². The van der Waals surface area contributed by atoms with Crippen LogP contribution in [0.1, 0.15) is 66.7 Å². The van der Waals surface area contributed by atoms with Gasteiger partial charge in [-0.05, 0) is 31.6 Å². The predicted octanol–water partition coefficient (Wildman–Crippen LogP) is 3.43. The number of rotatable bonds is 6. The molecule has 2 heterocycles. The van der Waals surface area contributed by atoms with Gasteiger partial charge in [-0.15, -0.1) is 0 Å². The first-order chi connectivity index (χ1) is 13.1. The zero-order valence-electron chi connectivity index (χ0n) is 18.7. The highest BCUT2D eigenvalue weighted by Gasteiger charge is 2.42. The Hall–Kier alpha value is -0.950. The predicted molar refractivity (Wildman–Crippen MR) is 111 cm³/mol. The van der Waals surface area contributed by atoms with Crippen LogP contribution in [0.5, 0.6) is 0 Å². The molecule has 3 unspecified atom stereocenters. The minimum atomic E-state index is -0.900. The first kappa shape index (κ1) is 25.1. The van der Waals surface area contributed by atoms with Crippen LogP contribution < -0.4 is 5.32 Å². The number of carbonyl (C=O) groups excluding carboxylic acids is 1. The van der Waals surface area contributed by atoms with Crippen LogP contribution in [0, 0.1) is 11.3 Å². The molecule has 0 bridgehead atoms. The van der Waals surface area contributed by atoms with E-state index in [1.165, 1.54) is 0 Å². The van der Waals surface area contributed by atoms with Crippen LogP contribution in [0.15, 0.2) is 12.2 Å². The molecule has 0 aromatic rings. The first-order valence-corrected chi connectivity index (χ1v) is 10.5. The Bertz CT molecular complexity index is 495. The van der Waals surface area contributed by atoms with Crippen LogP contribution in [-0.2, 0) is 19.0 Å². The minimum absolute atomic E-state index is 0.0112. The fraction of sp³-hybridized carbons (Fsp3) is 0.864. The van der Waals surface area contributed by atoms with Crippen molar-refractivity contribution in [2.75, 3.05) is 26.9 Å². The second kappa shape index (κ2) is 11.3. The lowest BCUT2D eigenvalue weighted by Gasteiger charge is -2.43. The van der Waals surface area contributed by atoms with Crippen LogP contribution in [0.25, 0.3) is 0 Å². The summed E-state index contributed by atoms with van der Waals surface area (Å²) >= 11 is 0. The average molecular weight is 400 g/mol. The second-order valence-corrected chi connectivity index (χ2v) is 8.90. The Morgan fingerprint density at radius 1 is 1.39 bits per heavy atom. The fourth-order valence-electron chi connectivity index (χ4n) is 3.36. The molecule has 0 spiro atoms. The molecule has 0 aromatic carbocycles. The van der Waals surface area contributed by atoms with Crippen molar-refractivity contribution in [2.24, 2.45) is 11.3 Å². The highest BCUT2D eigenvalue weighted by atomic mass is 16.7. The number of amides is 1. The molecule has 0 radical (unpaired) electrons. The third-order valence-electron chi connectivity index (χ3n) is 5.65. The molecule has 2 saturated heterocycles. The zero-order chi connectivity index (χ0) is 21.4. The van der Waals surface area contributed by atoms with Gasteiger partial charge in [0.25, 0.3) is 0 Å². The lowest BCUT2D eigenvalue weighted by Crippen LogP contribution is -2.49. The van der Waals surface area contributed by atoms with E-state index in [1.54, 1.807) is 7.11 Å². The summed E-state index contributed by atoms with van der Waals surface area (Å²) in [6, 6.07) is 0. The third kappa shape index (κ3) is 7.82. The van der Waals surface area contributed by atoms with Crippen LogP contribution in [0.3, 0.4) is 0 Å². The standard InChI is InChI=1S/C19H33NO4.C3H8O/c1-13-9-19(22-6,24-15(3)14(13)2)10-17(21)20-11-16-7-8-18(4,5)12-23-16;1-2-3-4/h14-16H,1,7-12H2,2-6H3,(H,20,21);4H,2-3H2,1H3/t14?,15?,16?,19-;/m1./s1. The molecule has 0 aliphatic carbocycles. The number of methoxy groups -OCH3 is 1. The Balaban J connectivity index is 0.000000892. The van der Waals surface area contributed by atoms with Crippen molar-refractivity contribution in [3.8, 4) is 0 Å². The summed E-state index contributed by atoms with van der Waals surface area (Å²) < 4.78 is 17.4. The van der Waals surface area contributed by atoms with Crippen molar-refractivity contribution in [3.63, 3.8) is 0 Å². The number of carbonyl (C=O) groups is 1. The quantitative estimate of drug-likeness (QED) is 0.669. The summed E-state index contributed by atoms with van der Waals surface area (Å²) in [5, 5.41) is 10.8. The normalized spacial score (nSPS) is 32.2. The van der Waals surface area contributed by atoms with E-state index in [1.807, 2.05) is 13.8 Å². The molecule has 2 rings (SSSR count). The lowest BCUT2D eigenvalue weighted by molar-refractivity contribution is -0.263. The van der Waals surface area contributed by atoms with Gasteiger partial charge in [-0.3, -0.25) is 4.79 Å². The molecule has 0 saturated carbocycles. The van der Waals surface area contributed by atoms with Gasteiger partial charge in [0.15, 0.2) is 5.79 Å². The molecule has 2 N–H and O–H groups in total. The van der Waals surface area contributed by atoms with E-state index in [-0.39, 0.29) is 35.9 Å². The van der Waals surface area contributed by atoms with E-state index < -0.39 is 5.79 Å². The molecule has 2 fully saturated rings. The van der Waals surface area contributed by atoms with E-state index in [4.69, 9.17) is 19.3 Å². The van der Waals surface area contributed by atoms with Gasteiger partial charge in [-0.25, -0.2) is 0 Å².